The normalized spacial score (nSPS) is 18.3. The maximum Gasteiger partial charge on any atom is 0.416 e. The van der Waals surface area contributed by atoms with Gasteiger partial charge in [0.25, 0.3) is 0 Å². The third-order valence-electron chi connectivity index (χ3n) is 4.36. The van der Waals surface area contributed by atoms with E-state index in [0.29, 0.717) is 17.8 Å². The molecular weight excluding hydrogens is 331 g/mol. The number of hydrogen-bond donors (Lipinski definition) is 1. The molecule has 1 unspecified atom stereocenters. The predicted molar refractivity (Wildman–Crippen MR) is 88.9 cm³/mol. The maximum atomic E-state index is 13.0. The molecule has 1 atom stereocenters. The molecule has 1 aliphatic rings. The number of aromatic nitrogens is 1. The van der Waals surface area contributed by atoms with Crippen molar-refractivity contribution in [3.63, 3.8) is 0 Å². The topological polar surface area (TPSA) is 51.4 Å². The van der Waals surface area contributed by atoms with E-state index in [1.54, 1.807) is 12.4 Å². The van der Waals surface area contributed by atoms with Gasteiger partial charge >= 0.3 is 6.18 Å². The Morgan fingerprint density at radius 3 is 2.68 bits per heavy atom. The molecule has 25 heavy (non-hydrogen) atoms. The molecule has 1 aromatic carbocycles. The summed E-state index contributed by atoms with van der Waals surface area (Å²) >= 11 is 0. The second-order valence-electron chi connectivity index (χ2n) is 5.92. The van der Waals surface area contributed by atoms with Crippen molar-refractivity contribution in [1.82, 2.24) is 9.88 Å². The number of benzene rings is 1. The van der Waals surface area contributed by atoms with Gasteiger partial charge in [0, 0.05) is 35.8 Å². The van der Waals surface area contributed by atoms with Crippen LogP contribution < -0.4 is 10.5 Å². The number of alkyl halides is 3. The predicted octanol–water partition coefficient (Wildman–Crippen LogP) is 3.44. The molecule has 2 N–H and O–H groups in total. The van der Waals surface area contributed by atoms with Crippen molar-refractivity contribution >= 4 is 5.70 Å². The number of ether oxygens (including phenoxy) is 1. The zero-order valence-electron chi connectivity index (χ0n) is 13.8. The van der Waals surface area contributed by atoms with Gasteiger partial charge in [-0.1, -0.05) is 6.07 Å². The zero-order chi connectivity index (χ0) is 18.2. The number of nitrogens with two attached hydrogens (primary N) is 1. The van der Waals surface area contributed by atoms with Gasteiger partial charge in [-0.25, -0.2) is 0 Å². The highest BCUT2D eigenvalue weighted by molar-refractivity contribution is 5.67. The maximum absolute atomic E-state index is 13.0. The summed E-state index contributed by atoms with van der Waals surface area (Å²) in [4.78, 5) is 6.12. The number of nitrogens with zero attached hydrogens (tertiary/aromatic N) is 2. The summed E-state index contributed by atoms with van der Waals surface area (Å²) in [6.45, 7) is 0.551. The number of halogens is 3. The highest BCUT2D eigenvalue weighted by atomic mass is 19.4. The van der Waals surface area contributed by atoms with Gasteiger partial charge in [0.2, 0.25) is 0 Å². The van der Waals surface area contributed by atoms with E-state index >= 15 is 0 Å². The summed E-state index contributed by atoms with van der Waals surface area (Å²) in [5, 5.41) is 0. The Morgan fingerprint density at radius 2 is 2.00 bits per heavy atom. The molecular formula is C18H18F3N3O. The van der Waals surface area contributed by atoms with Crippen LogP contribution in [0.5, 0.6) is 5.75 Å². The quantitative estimate of drug-likeness (QED) is 0.902. The van der Waals surface area contributed by atoms with Crippen LogP contribution in [0, 0.1) is 0 Å². The molecule has 0 amide bonds. The van der Waals surface area contributed by atoms with E-state index in [0.717, 1.165) is 23.3 Å². The number of methoxy groups -OCH3 is 1. The van der Waals surface area contributed by atoms with E-state index in [2.05, 4.69) is 4.98 Å². The van der Waals surface area contributed by atoms with E-state index in [1.165, 1.54) is 13.2 Å². The van der Waals surface area contributed by atoms with Gasteiger partial charge in [-0.15, -0.1) is 0 Å². The lowest BCUT2D eigenvalue weighted by Gasteiger charge is -2.29. The molecule has 0 saturated heterocycles. The molecule has 0 saturated carbocycles. The Balaban J connectivity index is 2.17. The molecule has 2 heterocycles. The van der Waals surface area contributed by atoms with Gasteiger partial charge < -0.3 is 10.5 Å². The largest absolute Gasteiger partial charge is 0.496 e. The highest BCUT2D eigenvalue weighted by Gasteiger charge is 2.33. The molecule has 0 spiro atoms. The van der Waals surface area contributed by atoms with E-state index < -0.39 is 11.7 Å². The van der Waals surface area contributed by atoms with Gasteiger partial charge in [-0.3, -0.25) is 9.88 Å². The fourth-order valence-corrected chi connectivity index (χ4v) is 3.10. The Hall–Kier alpha value is -2.54. The average Bonchev–Trinajstić information content (AvgIpc) is 2.71. The molecule has 1 aromatic heterocycles. The smallest absolute Gasteiger partial charge is 0.416 e. The Labute approximate surface area is 143 Å². The number of pyridine rings is 1. The summed E-state index contributed by atoms with van der Waals surface area (Å²) in [6.07, 6.45) is 0.769. The SMILES string of the molecule is COc1cc(C(F)(F)F)ccc1C1c2ccncc2C(N)=CCN1C. The first-order valence-electron chi connectivity index (χ1n) is 7.68. The third-order valence-corrected chi connectivity index (χ3v) is 4.36. The van der Waals surface area contributed by atoms with Crippen molar-refractivity contribution in [3.8, 4) is 5.75 Å². The first-order valence-corrected chi connectivity index (χ1v) is 7.68. The van der Waals surface area contributed by atoms with E-state index in [-0.39, 0.29) is 11.8 Å². The van der Waals surface area contributed by atoms with Crippen molar-refractivity contribution in [2.75, 3.05) is 20.7 Å². The van der Waals surface area contributed by atoms with Crippen molar-refractivity contribution in [3.05, 3.63) is 65.0 Å². The summed E-state index contributed by atoms with van der Waals surface area (Å²) < 4.78 is 44.3. The van der Waals surface area contributed by atoms with Crippen LogP contribution in [0.15, 0.2) is 42.7 Å². The summed E-state index contributed by atoms with van der Waals surface area (Å²) in [5.74, 6) is 0.190. The number of likely N-dealkylation sites (N-methyl/N-ethyl adjacent to an activating group) is 1. The highest BCUT2D eigenvalue weighted by Crippen LogP contribution is 2.40. The van der Waals surface area contributed by atoms with Gasteiger partial charge in [0.1, 0.15) is 5.75 Å². The van der Waals surface area contributed by atoms with Crippen LogP contribution in [0.1, 0.15) is 28.3 Å². The molecule has 0 bridgehead atoms. The minimum Gasteiger partial charge on any atom is -0.496 e. The molecule has 0 radical (unpaired) electrons. The minimum absolute atomic E-state index is 0.190. The summed E-state index contributed by atoms with van der Waals surface area (Å²) in [7, 11) is 3.26. The van der Waals surface area contributed by atoms with Gasteiger partial charge in [-0.2, -0.15) is 13.2 Å². The fraction of sp³-hybridized carbons (Fsp3) is 0.278. The van der Waals surface area contributed by atoms with Crippen molar-refractivity contribution in [2.24, 2.45) is 5.73 Å². The molecule has 0 aliphatic carbocycles. The van der Waals surface area contributed by atoms with Crippen molar-refractivity contribution < 1.29 is 17.9 Å². The van der Waals surface area contributed by atoms with Crippen molar-refractivity contribution in [2.45, 2.75) is 12.2 Å². The first-order chi connectivity index (χ1) is 11.8. The van der Waals surface area contributed by atoms with E-state index in [1.807, 2.05) is 24.1 Å². The van der Waals surface area contributed by atoms with Gasteiger partial charge in [0.15, 0.2) is 0 Å². The molecule has 132 valence electrons. The van der Waals surface area contributed by atoms with Gasteiger partial charge in [-0.05, 0) is 36.9 Å². The lowest BCUT2D eigenvalue weighted by atomic mass is 9.93. The molecule has 0 fully saturated rings. The van der Waals surface area contributed by atoms with E-state index in [9.17, 15) is 13.2 Å². The standard InChI is InChI=1S/C18H18F3N3O/c1-24-8-6-15(22)14-10-23-7-5-12(14)17(24)13-4-3-11(18(19,20)21)9-16(13)25-2/h3-7,9-10,17H,8,22H2,1-2H3. The lowest BCUT2D eigenvalue weighted by molar-refractivity contribution is -0.137. The number of rotatable bonds is 2. The molecule has 7 heteroatoms. The molecule has 2 aromatic rings. The summed E-state index contributed by atoms with van der Waals surface area (Å²) in [6, 6.07) is 5.11. The van der Waals surface area contributed by atoms with E-state index in [4.69, 9.17) is 10.5 Å². The third kappa shape index (κ3) is 3.19. The monoisotopic (exact) mass is 349 g/mol. The Kier molecular flexibility index (Phi) is 4.43. The van der Waals surface area contributed by atoms with Crippen LogP contribution in [-0.2, 0) is 6.18 Å². The van der Waals surface area contributed by atoms with Crippen LogP contribution in [0.3, 0.4) is 0 Å². The van der Waals surface area contributed by atoms with Crippen LogP contribution in [0.4, 0.5) is 13.2 Å². The minimum atomic E-state index is -4.42. The zero-order valence-corrected chi connectivity index (χ0v) is 13.8. The van der Waals surface area contributed by atoms with Crippen LogP contribution >= 0.6 is 0 Å². The summed E-state index contributed by atoms with van der Waals surface area (Å²) in [5.41, 5.74) is 8.28. The second-order valence-corrected chi connectivity index (χ2v) is 5.92. The second kappa shape index (κ2) is 6.40. The van der Waals surface area contributed by atoms with Crippen LogP contribution in [0.25, 0.3) is 5.70 Å². The lowest BCUT2D eigenvalue weighted by Crippen LogP contribution is -2.26. The van der Waals surface area contributed by atoms with Gasteiger partial charge in [0.05, 0.1) is 18.7 Å². The number of hydrogen-bond acceptors (Lipinski definition) is 4. The number of fused-ring (bicyclic) bond motifs is 1. The molecule has 1 aliphatic heterocycles. The van der Waals surface area contributed by atoms with Crippen molar-refractivity contribution in [1.29, 1.82) is 0 Å². The molecule has 4 nitrogen and oxygen atoms in total. The van der Waals surface area contributed by atoms with Crippen LogP contribution in [-0.4, -0.2) is 30.6 Å². The molecule has 3 rings (SSSR count). The average molecular weight is 349 g/mol. The first kappa shape index (κ1) is 17.3. The fourth-order valence-electron chi connectivity index (χ4n) is 3.10. The van der Waals surface area contributed by atoms with Crippen LogP contribution in [0.2, 0.25) is 0 Å². The Morgan fingerprint density at radius 1 is 1.24 bits per heavy atom. The Bertz CT molecular complexity index is 817.